The molecule has 1 aromatic carbocycles. The number of hydrogen-bond acceptors (Lipinski definition) is 4. The number of nitrogens with zero attached hydrogens (tertiary/aromatic N) is 1. The van der Waals surface area contributed by atoms with Gasteiger partial charge in [0.15, 0.2) is 0 Å². The summed E-state index contributed by atoms with van der Waals surface area (Å²) < 4.78 is 11.4. The topological polar surface area (TPSA) is 50.8 Å². The fourth-order valence-electron chi connectivity index (χ4n) is 3.96. The first-order valence-electron chi connectivity index (χ1n) is 11.5. The second kappa shape index (κ2) is 11.8. The third kappa shape index (κ3) is 6.55. The van der Waals surface area contributed by atoms with Crippen LogP contribution in [-0.2, 0) is 9.47 Å². The van der Waals surface area contributed by atoms with Crippen LogP contribution in [0.5, 0.6) is 0 Å². The van der Waals surface area contributed by atoms with Crippen molar-refractivity contribution in [2.24, 2.45) is 0 Å². The molecule has 2 aliphatic rings. The molecule has 1 N–H and O–H groups in total. The highest BCUT2D eigenvalue weighted by atomic mass is 35.5. The third-order valence-electron chi connectivity index (χ3n) is 5.33. The smallest absolute Gasteiger partial charge is 0.410 e. The van der Waals surface area contributed by atoms with Crippen LogP contribution in [0.25, 0.3) is 6.08 Å². The molecule has 0 aromatic heterocycles. The monoisotopic (exact) mass is 468 g/mol. The summed E-state index contributed by atoms with van der Waals surface area (Å²) in [5, 5.41) is 4.16. The van der Waals surface area contributed by atoms with Gasteiger partial charge < -0.3 is 14.8 Å². The highest BCUT2D eigenvalue weighted by Crippen LogP contribution is 2.32. The Morgan fingerprint density at radius 1 is 1.30 bits per heavy atom. The molecule has 5 nitrogen and oxygen atoms in total. The van der Waals surface area contributed by atoms with Crippen LogP contribution in [0.1, 0.15) is 39.2 Å². The van der Waals surface area contributed by atoms with E-state index >= 15 is 0 Å². The SMILES string of the molecule is C=CCOC1=CCC=C(C(C2=Cc3cc(Cl)ccc3NC2)N(CCC)C(=O)OC(C)C)C=C1. The summed E-state index contributed by atoms with van der Waals surface area (Å²) in [6.07, 6.45) is 13.0. The highest BCUT2D eigenvalue weighted by Gasteiger charge is 2.31. The minimum Gasteiger partial charge on any atom is -0.490 e. The van der Waals surface area contributed by atoms with E-state index in [0.29, 0.717) is 31.1 Å². The number of carbonyl (C=O) groups excluding carboxylic acids is 1. The van der Waals surface area contributed by atoms with Gasteiger partial charge in [-0.15, -0.1) is 0 Å². The lowest BCUT2D eigenvalue weighted by molar-refractivity contribution is 0.0719. The maximum atomic E-state index is 13.2. The van der Waals surface area contributed by atoms with Crippen molar-refractivity contribution in [3.05, 3.63) is 82.6 Å². The number of carbonyl (C=O) groups is 1. The molecule has 1 aromatic rings. The van der Waals surface area contributed by atoms with E-state index in [9.17, 15) is 4.79 Å². The Bertz CT molecular complexity index is 991. The highest BCUT2D eigenvalue weighted by molar-refractivity contribution is 6.30. The molecular formula is C27H33ClN2O3. The zero-order valence-electron chi connectivity index (χ0n) is 19.6. The molecule has 0 saturated heterocycles. The zero-order valence-corrected chi connectivity index (χ0v) is 20.4. The lowest BCUT2D eigenvalue weighted by atomic mass is 9.91. The van der Waals surface area contributed by atoms with Gasteiger partial charge in [-0.25, -0.2) is 4.79 Å². The number of allylic oxidation sites excluding steroid dienone is 3. The van der Waals surface area contributed by atoms with Crippen LogP contribution in [0.2, 0.25) is 5.02 Å². The van der Waals surface area contributed by atoms with Crippen molar-refractivity contribution in [1.82, 2.24) is 4.90 Å². The molecule has 0 spiro atoms. The van der Waals surface area contributed by atoms with Gasteiger partial charge in [0.25, 0.3) is 0 Å². The quantitative estimate of drug-likeness (QED) is 0.407. The van der Waals surface area contributed by atoms with E-state index in [4.69, 9.17) is 21.1 Å². The maximum Gasteiger partial charge on any atom is 0.410 e. The fraction of sp³-hybridized carbons (Fsp3) is 0.370. The Hall–Kier alpha value is -2.92. The number of rotatable bonds is 9. The van der Waals surface area contributed by atoms with Gasteiger partial charge in [0, 0.05) is 23.8 Å². The molecule has 176 valence electrons. The Balaban J connectivity index is 2.02. The molecular weight excluding hydrogens is 436 g/mol. The maximum absolute atomic E-state index is 13.2. The fourth-order valence-corrected chi connectivity index (χ4v) is 4.14. The summed E-state index contributed by atoms with van der Waals surface area (Å²) in [5.74, 6) is 0.791. The average Bonchev–Trinajstić information content (AvgIpc) is 3.02. The predicted molar refractivity (Wildman–Crippen MR) is 136 cm³/mol. The number of halogens is 1. The van der Waals surface area contributed by atoms with E-state index in [1.54, 1.807) is 6.08 Å². The minimum atomic E-state index is -0.315. The first kappa shape index (κ1) is 24.7. The predicted octanol–water partition coefficient (Wildman–Crippen LogP) is 6.75. The molecule has 3 rings (SSSR count). The summed E-state index contributed by atoms with van der Waals surface area (Å²) in [6.45, 7) is 11.2. The Labute approximate surface area is 202 Å². The number of amides is 1. The van der Waals surface area contributed by atoms with Crippen molar-refractivity contribution < 1.29 is 14.3 Å². The van der Waals surface area contributed by atoms with E-state index in [2.05, 4.69) is 31.0 Å². The van der Waals surface area contributed by atoms with Gasteiger partial charge in [-0.05, 0) is 79.8 Å². The van der Waals surface area contributed by atoms with E-state index < -0.39 is 0 Å². The van der Waals surface area contributed by atoms with Crippen LogP contribution in [-0.4, -0.2) is 42.8 Å². The number of nitrogens with one attached hydrogen (secondary N) is 1. The molecule has 1 aliphatic carbocycles. The molecule has 1 atom stereocenters. The molecule has 0 saturated carbocycles. The van der Waals surface area contributed by atoms with Gasteiger partial charge in [0.2, 0.25) is 0 Å². The summed E-state index contributed by atoms with van der Waals surface area (Å²) in [6, 6.07) is 5.52. The first-order chi connectivity index (χ1) is 15.9. The van der Waals surface area contributed by atoms with Crippen LogP contribution in [0.15, 0.2) is 72.1 Å². The van der Waals surface area contributed by atoms with E-state index in [1.165, 1.54) is 0 Å². The average molecular weight is 469 g/mol. The van der Waals surface area contributed by atoms with Crippen molar-refractivity contribution in [2.45, 2.75) is 45.8 Å². The van der Waals surface area contributed by atoms with Crippen molar-refractivity contribution >= 4 is 29.5 Å². The molecule has 0 bridgehead atoms. The van der Waals surface area contributed by atoms with Crippen LogP contribution >= 0.6 is 11.6 Å². The molecule has 0 fully saturated rings. The molecule has 0 radical (unpaired) electrons. The molecule has 1 aliphatic heterocycles. The second-order valence-electron chi connectivity index (χ2n) is 8.31. The van der Waals surface area contributed by atoms with Crippen LogP contribution in [0.3, 0.4) is 0 Å². The number of fused-ring (bicyclic) bond motifs is 1. The normalized spacial score (nSPS) is 15.8. The summed E-state index contributed by atoms with van der Waals surface area (Å²) in [5.41, 5.74) is 4.14. The Morgan fingerprint density at radius 2 is 2.12 bits per heavy atom. The van der Waals surface area contributed by atoms with Crippen molar-refractivity contribution in [3.8, 4) is 0 Å². The molecule has 1 unspecified atom stereocenters. The first-order valence-corrected chi connectivity index (χ1v) is 11.8. The zero-order chi connectivity index (χ0) is 23.8. The standard InChI is InChI=1S/C27H33ClN2O3/c1-5-14-30(27(31)33-19(3)4)26(20-8-7-9-24(12-10-20)32-15-6-2)22-16-21-17-23(28)11-13-25(21)29-18-22/h6,8-13,16-17,19,26,29H,2,5,7,14-15,18H2,1,3-4H3. The van der Waals surface area contributed by atoms with Crippen LogP contribution < -0.4 is 5.32 Å². The molecule has 33 heavy (non-hydrogen) atoms. The molecule has 1 heterocycles. The van der Waals surface area contributed by atoms with Gasteiger partial charge in [0.1, 0.15) is 12.4 Å². The number of anilines is 1. The van der Waals surface area contributed by atoms with Crippen molar-refractivity contribution in [1.29, 1.82) is 0 Å². The summed E-state index contributed by atoms with van der Waals surface area (Å²) in [4.78, 5) is 15.0. The van der Waals surface area contributed by atoms with E-state index in [-0.39, 0.29) is 18.2 Å². The molecule has 1 amide bonds. The van der Waals surface area contributed by atoms with E-state index in [1.807, 2.05) is 55.2 Å². The minimum absolute atomic E-state index is 0.199. The van der Waals surface area contributed by atoms with Gasteiger partial charge in [-0.2, -0.15) is 0 Å². The Morgan fingerprint density at radius 3 is 2.85 bits per heavy atom. The number of hydrogen-bond donors (Lipinski definition) is 1. The van der Waals surface area contributed by atoms with Crippen molar-refractivity contribution in [3.63, 3.8) is 0 Å². The Kier molecular flexibility index (Phi) is 8.84. The van der Waals surface area contributed by atoms with Crippen molar-refractivity contribution in [2.75, 3.05) is 25.0 Å². The number of ether oxygens (including phenoxy) is 2. The third-order valence-corrected chi connectivity index (χ3v) is 5.57. The lowest BCUT2D eigenvalue weighted by Crippen LogP contribution is -2.45. The second-order valence-corrected chi connectivity index (χ2v) is 8.75. The summed E-state index contributed by atoms with van der Waals surface area (Å²) >= 11 is 6.26. The van der Waals surface area contributed by atoms with Gasteiger partial charge in [-0.1, -0.05) is 43.3 Å². The van der Waals surface area contributed by atoms with Gasteiger partial charge in [-0.3, -0.25) is 4.90 Å². The summed E-state index contributed by atoms with van der Waals surface area (Å²) in [7, 11) is 0. The van der Waals surface area contributed by atoms with E-state index in [0.717, 1.165) is 34.6 Å². The van der Waals surface area contributed by atoms with Gasteiger partial charge >= 0.3 is 6.09 Å². The molecule has 6 heteroatoms. The van der Waals surface area contributed by atoms with Crippen LogP contribution in [0, 0.1) is 0 Å². The lowest BCUT2D eigenvalue weighted by Gasteiger charge is -2.36. The van der Waals surface area contributed by atoms with Gasteiger partial charge in [0.05, 0.1) is 12.1 Å². The number of benzene rings is 1. The largest absolute Gasteiger partial charge is 0.490 e. The van der Waals surface area contributed by atoms with Crippen LogP contribution in [0.4, 0.5) is 10.5 Å².